The number of hydrogen-bond acceptors (Lipinski definition) is 5. The van der Waals surface area contributed by atoms with Crippen LogP contribution in [0.4, 0.5) is 5.82 Å². The van der Waals surface area contributed by atoms with Gasteiger partial charge >= 0.3 is 0 Å². The van der Waals surface area contributed by atoms with Crippen molar-refractivity contribution in [2.24, 2.45) is 0 Å². The molecule has 2 heterocycles. The number of carbonyl (C=O) groups excluding carboxylic acids is 1. The molecular formula is C22H15N5O2. The molecule has 4 rings (SSSR count). The molecule has 0 unspecified atom stereocenters. The predicted molar refractivity (Wildman–Crippen MR) is 107 cm³/mol. The van der Waals surface area contributed by atoms with Gasteiger partial charge in [0.2, 0.25) is 0 Å². The Labute approximate surface area is 166 Å². The number of benzene rings is 2. The van der Waals surface area contributed by atoms with E-state index in [2.05, 4.69) is 15.4 Å². The summed E-state index contributed by atoms with van der Waals surface area (Å²) in [4.78, 5) is 17.0. The summed E-state index contributed by atoms with van der Waals surface area (Å²) in [5, 5.41) is 16.3. The quantitative estimate of drug-likeness (QED) is 0.560. The molecule has 2 aromatic heterocycles. The highest BCUT2D eigenvalue weighted by Gasteiger charge is 2.17. The van der Waals surface area contributed by atoms with Gasteiger partial charge in [-0.3, -0.25) is 4.79 Å². The first-order valence-corrected chi connectivity index (χ1v) is 8.78. The summed E-state index contributed by atoms with van der Waals surface area (Å²) in [6, 6.07) is 23.4. The molecule has 0 radical (unpaired) electrons. The minimum absolute atomic E-state index is 0.237. The van der Waals surface area contributed by atoms with Gasteiger partial charge in [0.15, 0.2) is 11.6 Å². The van der Waals surface area contributed by atoms with Crippen LogP contribution in [0.15, 0.2) is 85.2 Å². The van der Waals surface area contributed by atoms with Crippen molar-refractivity contribution in [3.8, 4) is 23.4 Å². The lowest BCUT2D eigenvalue weighted by Gasteiger charge is -2.10. The Balaban J connectivity index is 1.60. The SMILES string of the molecule is N#Cc1cnn(-c2ccccn2)c1NC(=O)c1cccc(Oc2ccccc2)c1. The summed E-state index contributed by atoms with van der Waals surface area (Å²) >= 11 is 0. The molecule has 7 heteroatoms. The molecule has 0 aliphatic rings. The Morgan fingerprint density at radius 1 is 1.00 bits per heavy atom. The van der Waals surface area contributed by atoms with Gasteiger partial charge in [0.05, 0.1) is 6.20 Å². The summed E-state index contributed by atoms with van der Waals surface area (Å²) in [6.07, 6.45) is 3.00. The van der Waals surface area contributed by atoms with E-state index in [9.17, 15) is 10.1 Å². The van der Waals surface area contributed by atoms with Gasteiger partial charge < -0.3 is 10.1 Å². The van der Waals surface area contributed by atoms with E-state index in [1.165, 1.54) is 10.9 Å². The maximum absolute atomic E-state index is 12.8. The maximum Gasteiger partial charge on any atom is 0.256 e. The average Bonchev–Trinajstić information content (AvgIpc) is 3.18. The molecule has 0 saturated heterocycles. The zero-order valence-corrected chi connectivity index (χ0v) is 15.2. The van der Waals surface area contributed by atoms with E-state index >= 15 is 0 Å². The van der Waals surface area contributed by atoms with Crippen molar-refractivity contribution in [3.05, 3.63) is 96.3 Å². The number of nitrogens with one attached hydrogen (secondary N) is 1. The molecule has 1 N–H and O–H groups in total. The third-order valence-corrected chi connectivity index (χ3v) is 4.06. The monoisotopic (exact) mass is 381 g/mol. The average molecular weight is 381 g/mol. The second-order valence-electron chi connectivity index (χ2n) is 6.02. The molecule has 0 fully saturated rings. The number of aromatic nitrogens is 3. The number of carbonyl (C=O) groups is 1. The Morgan fingerprint density at radius 2 is 1.79 bits per heavy atom. The molecule has 0 saturated carbocycles. The van der Waals surface area contributed by atoms with Crippen LogP contribution in [0.1, 0.15) is 15.9 Å². The number of amides is 1. The Kier molecular flexibility index (Phi) is 4.99. The lowest BCUT2D eigenvalue weighted by molar-refractivity contribution is 0.102. The normalized spacial score (nSPS) is 10.2. The van der Waals surface area contributed by atoms with Gasteiger partial charge in [-0.05, 0) is 42.5 Å². The molecule has 7 nitrogen and oxygen atoms in total. The van der Waals surface area contributed by atoms with E-state index in [1.54, 1.807) is 48.7 Å². The molecule has 0 atom stereocenters. The zero-order valence-electron chi connectivity index (χ0n) is 15.2. The van der Waals surface area contributed by atoms with Crippen molar-refractivity contribution >= 4 is 11.7 Å². The first-order chi connectivity index (χ1) is 14.2. The topological polar surface area (TPSA) is 92.8 Å². The lowest BCUT2D eigenvalue weighted by atomic mass is 10.2. The van der Waals surface area contributed by atoms with E-state index < -0.39 is 5.91 Å². The molecule has 29 heavy (non-hydrogen) atoms. The van der Waals surface area contributed by atoms with Gasteiger partial charge in [-0.1, -0.05) is 30.3 Å². The number of rotatable bonds is 5. The Morgan fingerprint density at radius 3 is 2.55 bits per heavy atom. The second kappa shape index (κ2) is 8.06. The van der Waals surface area contributed by atoms with Crippen molar-refractivity contribution in [2.75, 3.05) is 5.32 Å². The third kappa shape index (κ3) is 3.96. The highest BCUT2D eigenvalue weighted by atomic mass is 16.5. The largest absolute Gasteiger partial charge is 0.457 e. The molecule has 0 aliphatic heterocycles. The van der Waals surface area contributed by atoms with Gasteiger partial charge in [0.1, 0.15) is 23.1 Å². The summed E-state index contributed by atoms with van der Waals surface area (Å²) in [6.45, 7) is 0. The van der Waals surface area contributed by atoms with Gasteiger partial charge in [0.25, 0.3) is 5.91 Å². The molecule has 1 amide bonds. The highest BCUT2D eigenvalue weighted by Crippen LogP contribution is 2.23. The van der Waals surface area contributed by atoms with E-state index in [4.69, 9.17) is 4.74 Å². The minimum atomic E-state index is -0.391. The van der Waals surface area contributed by atoms with Crippen LogP contribution in [0.3, 0.4) is 0 Å². The third-order valence-electron chi connectivity index (χ3n) is 4.06. The van der Waals surface area contributed by atoms with Gasteiger partial charge in [-0.25, -0.2) is 4.98 Å². The molecule has 4 aromatic rings. The molecule has 0 aliphatic carbocycles. The van der Waals surface area contributed by atoms with Crippen LogP contribution in [-0.4, -0.2) is 20.7 Å². The fourth-order valence-electron chi connectivity index (χ4n) is 2.71. The number of nitriles is 1. The van der Waals surface area contributed by atoms with Crippen molar-refractivity contribution in [1.82, 2.24) is 14.8 Å². The highest BCUT2D eigenvalue weighted by molar-refractivity contribution is 6.04. The van der Waals surface area contributed by atoms with Gasteiger partial charge in [-0.2, -0.15) is 15.0 Å². The second-order valence-corrected chi connectivity index (χ2v) is 6.02. The van der Waals surface area contributed by atoms with Crippen LogP contribution in [0.25, 0.3) is 5.82 Å². The van der Waals surface area contributed by atoms with Crippen LogP contribution >= 0.6 is 0 Å². The summed E-state index contributed by atoms with van der Waals surface area (Å²) < 4.78 is 7.20. The number of nitrogens with zero attached hydrogens (tertiary/aromatic N) is 4. The zero-order chi connectivity index (χ0) is 20.1. The van der Waals surface area contributed by atoms with Gasteiger partial charge in [0, 0.05) is 11.8 Å². The van der Waals surface area contributed by atoms with Crippen LogP contribution < -0.4 is 10.1 Å². The van der Waals surface area contributed by atoms with Crippen molar-refractivity contribution in [3.63, 3.8) is 0 Å². The van der Waals surface area contributed by atoms with E-state index in [-0.39, 0.29) is 11.4 Å². The first kappa shape index (κ1) is 17.9. The number of hydrogen-bond donors (Lipinski definition) is 1. The Hall–Kier alpha value is -4.44. The Bertz CT molecular complexity index is 1180. The van der Waals surface area contributed by atoms with Crippen LogP contribution in [0.5, 0.6) is 11.5 Å². The predicted octanol–water partition coefficient (Wildman–Crippen LogP) is 4.18. The summed E-state index contributed by atoms with van der Waals surface area (Å²) in [7, 11) is 0. The first-order valence-electron chi connectivity index (χ1n) is 8.78. The fraction of sp³-hybridized carbons (Fsp3) is 0. The van der Waals surface area contributed by atoms with E-state index in [0.29, 0.717) is 22.9 Å². The summed E-state index contributed by atoms with van der Waals surface area (Å²) in [5.74, 6) is 1.56. The van der Waals surface area contributed by atoms with Crippen LogP contribution in [0.2, 0.25) is 0 Å². The van der Waals surface area contributed by atoms with E-state index in [0.717, 1.165) is 0 Å². The molecule has 0 spiro atoms. The number of ether oxygens (including phenoxy) is 1. The summed E-state index contributed by atoms with van der Waals surface area (Å²) in [5.41, 5.74) is 0.622. The van der Waals surface area contributed by atoms with Gasteiger partial charge in [-0.15, -0.1) is 0 Å². The fourth-order valence-corrected chi connectivity index (χ4v) is 2.71. The lowest BCUT2D eigenvalue weighted by Crippen LogP contribution is -2.16. The standard InChI is InChI=1S/C22H15N5O2/c23-14-17-15-25-27(20-11-4-5-12-24-20)21(17)26-22(28)16-7-6-10-19(13-16)29-18-8-2-1-3-9-18/h1-13,15H,(H,26,28). The number of pyridine rings is 1. The van der Waals surface area contributed by atoms with Crippen molar-refractivity contribution in [1.29, 1.82) is 5.26 Å². The van der Waals surface area contributed by atoms with E-state index in [1.807, 2.05) is 36.4 Å². The minimum Gasteiger partial charge on any atom is -0.457 e. The van der Waals surface area contributed by atoms with Crippen molar-refractivity contribution in [2.45, 2.75) is 0 Å². The number of anilines is 1. The molecule has 0 bridgehead atoms. The van der Waals surface area contributed by atoms with Crippen molar-refractivity contribution < 1.29 is 9.53 Å². The molecule has 140 valence electrons. The molecular weight excluding hydrogens is 366 g/mol. The number of para-hydroxylation sites is 1. The molecule has 2 aromatic carbocycles. The van der Waals surface area contributed by atoms with Crippen LogP contribution in [-0.2, 0) is 0 Å². The van der Waals surface area contributed by atoms with Crippen LogP contribution in [0, 0.1) is 11.3 Å². The smallest absolute Gasteiger partial charge is 0.256 e. The maximum atomic E-state index is 12.8.